The van der Waals surface area contributed by atoms with Gasteiger partial charge in [-0.25, -0.2) is 9.69 Å². The minimum Gasteiger partial charge on any atom is -0.312 e. The highest BCUT2D eigenvalue weighted by Crippen LogP contribution is 2.31. The van der Waals surface area contributed by atoms with Crippen molar-refractivity contribution in [2.75, 3.05) is 11.4 Å². The van der Waals surface area contributed by atoms with E-state index in [-0.39, 0.29) is 18.0 Å². The zero-order chi connectivity index (χ0) is 12.7. The summed E-state index contributed by atoms with van der Waals surface area (Å²) in [6.45, 7) is 2.63. The highest BCUT2D eigenvalue weighted by molar-refractivity contribution is 6.21. The first-order valence-corrected chi connectivity index (χ1v) is 6.40. The first kappa shape index (κ1) is 11.3. The second kappa shape index (κ2) is 4.12. The predicted octanol–water partition coefficient (Wildman–Crippen LogP) is 2.32. The molecule has 2 aliphatic heterocycles. The van der Waals surface area contributed by atoms with E-state index in [4.69, 9.17) is 0 Å². The number of benzene rings is 1. The third-order valence-electron chi connectivity index (χ3n) is 3.80. The normalized spacial score (nSPS) is 23.5. The van der Waals surface area contributed by atoms with E-state index in [2.05, 4.69) is 0 Å². The van der Waals surface area contributed by atoms with Crippen molar-refractivity contribution in [3.63, 3.8) is 0 Å². The molecule has 2 aliphatic rings. The fourth-order valence-electron chi connectivity index (χ4n) is 2.83. The smallest absolute Gasteiger partial charge is 0.312 e. The van der Waals surface area contributed by atoms with Crippen LogP contribution in [0.15, 0.2) is 24.3 Å². The Morgan fingerprint density at radius 3 is 2.67 bits per heavy atom. The molecule has 0 bridgehead atoms. The zero-order valence-electron chi connectivity index (χ0n) is 10.4. The Kier molecular flexibility index (Phi) is 2.58. The number of anilines is 1. The Morgan fingerprint density at radius 2 is 1.94 bits per heavy atom. The molecule has 0 saturated carbocycles. The maximum atomic E-state index is 12.4. The van der Waals surface area contributed by atoms with Gasteiger partial charge in [0.2, 0.25) is 0 Å². The molecule has 1 atom stereocenters. The molecule has 1 aromatic carbocycles. The van der Waals surface area contributed by atoms with Crippen molar-refractivity contribution in [3.05, 3.63) is 29.8 Å². The largest absolute Gasteiger partial charge is 0.332 e. The molecule has 2 saturated heterocycles. The molecule has 0 aliphatic carbocycles. The predicted molar refractivity (Wildman–Crippen MR) is 68.4 cm³/mol. The minimum absolute atomic E-state index is 0.0611. The minimum atomic E-state index is -0.231. The summed E-state index contributed by atoms with van der Waals surface area (Å²) in [7, 11) is 0. The number of carbonyl (C=O) groups is 2. The van der Waals surface area contributed by atoms with E-state index >= 15 is 0 Å². The molecule has 0 spiro atoms. The standard InChI is InChI=1S/C14H16N2O2/c1-10-6-2-3-7-11(10)16-13(17)12-8-4-5-9-15(12)14(16)18/h2-3,6-7,12H,4-5,8-9H2,1H3/t12-/m1/s1. The monoisotopic (exact) mass is 244 g/mol. The lowest BCUT2D eigenvalue weighted by molar-refractivity contribution is -0.120. The van der Waals surface area contributed by atoms with Crippen LogP contribution in [0.1, 0.15) is 24.8 Å². The molecule has 18 heavy (non-hydrogen) atoms. The summed E-state index contributed by atoms with van der Waals surface area (Å²) < 4.78 is 0. The van der Waals surface area contributed by atoms with Crippen LogP contribution in [-0.2, 0) is 4.79 Å². The summed E-state index contributed by atoms with van der Waals surface area (Å²) in [6.07, 6.45) is 2.83. The van der Waals surface area contributed by atoms with Gasteiger partial charge in [-0.3, -0.25) is 4.79 Å². The fourth-order valence-corrected chi connectivity index (χ4v) is 2.83. The van der Waals surface area contributed by atoms with Gasteiger partial charge in [0.05, 0.1) is 5.69 Å². The van der Waals surface area contributed by atoms with Crippen molar-refractivity contribution in [1.29, 1.82) is 0 Å². The Balaban J connectivity index is 2.00. The molecular weight excluding hydrogens is 228 g/mol. The van der Waals surface area contributed by atoms with E-state index in [9.17, 15) is 9.59 Å². The van der Waals surface area contributed by atoms with Crippen molar-refractivity contribution in [2.24, 2.45) is 0 Å². The lowest BCUT2D eigenvalue weighted by Crippen LogP contribution is -2.39. The number of imide groups is 1. The van der Waals surface area contributed by atoms with Crippen molar-refractivity contribution in [3.8, 4) is 0 Å². The number of hydrogen-bond acceptors (Lipinski definition) is 2. The zero-order valence-corrected chi connectivity index (χ0v) is 10.4. The molecule has 0 aromatic heterocycles. The number of fused-ring (bicyclic) bond motifs is 1. The lowest BCUT2D eigenvalue weighted by Gasteiger charge is -2.26. The molecule has 0 unspecified atom stereocenters. The maximum absolute atomic E-state index is 12.4. The van der Waals surface area contributed by atoms with Crippen molar-refractivity contribution < 1.29 is 9.59 Å². The number of urea groups is 1. The summed E-state index contributed by atoms with van der Waals surface area (Å²) in [5.74, 6) is -0.0611. The molecule has 2 fully saturated rings. The second-order valence-corrected chi connectivity index (χ2v) is 4.95. The Bertz CT molecular complexity index is 488. The van der Waals surface area contributed by atoms with Crippen LogP contribution in [0, 0.1) is 6.92 Å². The van der Waals surface area contributed by atoms with Gasteiger partial charge in [-0.1, -0.05) is 18.2 Å². The Hall–Kier alpha value is -1.84. The number of rotatable bonds is 1. The van der Waals surface area contributed by atoms with Crippen molar-refractivity contribution in [1.82, 2.24) is 4.90 Å². The van der Waals surface area contributed by atoms with Crippen LogP contribution in [-0.4, -0.2) is 29.4 Å². The highest BCUT2D eigenvalue weighted by Gasteiger charge is 2.46. The van der Waals surface area contributed by atoms with Crippen LogP contribution < -0.4 is 4.90 Å². The summed E-state index contributed by atoms with van der Waals surface area (Å²) >= 11 is 0. The van der Waals surface area contributed by atoms with Gasteiger partial charge < -0.3 is 4.90 Å². The maximum Gasteiger partial charge on any atom is 0.332 e. The van der Waals surface area contributed by atoms with Gasteiger partial charge in [0.25, 0.3) is 5.91 Å². The van der Waals surface area contributed by atoms with Crippen molar-refractivity contribution >= 4 is 17.6 Å². The number of nitrogens with zero attached hydrogens (tertiary/aromatic N) is 2. The number of aryl methyl sites for hydroxylation is 1. The average Bonchev–Trinajstić information content (AvgIpc) is 2.64. The third kappa shape index (κ3) is 1.52. The summed E-state index contributed by atoms with van der Waals surface area (Å²) in [4.78, 5) is 27.8. The van der Waals surface area contributed by atoms with Crippen LogP contribution in [0.3, 0.4) is 0 Å². The van der Waals surface area contributed by atoms with Gasteiger partial charge in [-0.05, 0) is 37.8 Å². The molecular formula is C14H16N2O2. The molecule has 0 radical (unpaired) electrons. The van der Waals surface area contributed by atoms with Gasteiger partial charge in [0.15, 0.2) is 0 Å². The molecule has 4 nitrogen and oxygen atoms in total. The lowest BCUT2D eigenvalue weighted by atomic mass is 10.0. The molecule has 4 heteroatoms. The Morgan fingerprint density at radius 1 is 1.17 bits per heavy atom. The van der Waals surface area contributed by atoms with Crippen molar-refractivity contribution in [2.45, 2.75) is 32.2 Å². The third-order valence-corrected chi connectivity index (χ3v) is 3.80. The van der Waals surface area contributed by atoms with E-state index in [1.165, 1.54) is 4.90 Å². The van der Waals surface area contributed by atoms with Gasteiger partial charge in [-0.15, -0.1) is 0 Å². The number of piperidine rings is 1. The van der Waals surface area contributed by atoms with E-state index in [0.29, 0.717) is 6.54 Å². The molecule has 0 N–H and O–H groups in total. The van der Waals surface area contributed by atoms with Gasteiger partial charge in [0.1, 0.15) is 6.04 Å². The number of para-hydroxylation sites is 1. The number of hydrogen-bond donors (Lipinski definition) is 0. The van der Waals surface area contributed by atoms with Gasteiger partial charge in [-0.2, -0.15) is 0 Å². The van der Waals surface area contributed by atoms with E-state index in [1.807, 2.05) is 31.2 Å². The van der Waals surface area contributed by atoms with Crippen LogP contribution in [0.25, 0.3) is 0 Å². The van der Waals surface area contributed by atoms with E-state index in [1.54, 1.807) is 4.90 Å². The quantitative estimate of drug-likeness (QED) is 0.711. The summed E-state index contributed by atoms with van der Waals surface area (Å²) in [6, 6.07) is 7.15. The van der Waals surface area contributed by atoms with Gasteiger partial charge >= 0.3 is 6.03 Å². The first-order chi connectivity index (χ1) is 8.70. The fraction of sp³-hybridized carbons (Fsp3) is 0.429. The SMILES string of the molecule is Cc1ccccc1N1C(=O)[C@H]2CCCCN2C1=O. The van der Waals surface area contributed by atoms with Crippen LogP contribution in [0.4, 0.5) is 10.5 Å². The van der Waals surface area contributed by atoms with Gasteiger partial charge in [0, 0.05) is 6.54 Å². The molecule has 3 rings (SSSR count). The molecule has 2 heterocycles. The molecule has 3 amide bonds. The molecule has 1 aromatic rings. The molecule has 94 valence electrons. The second-order valence-electron chi connectivity index (χ2n) is 4.95. The Labute approximate surface area is 106 Å². The summed E-state index contributed by atoms with van der Waals surface area (Å²) in [5.41, 5.74) is 1.68. The average molecular weight is 244 g/mol. The van der Waals surface area contributed by atoms with Crippen LogP contribution in [0.5, 0.6) is 0 Å². The van der Waals surface area contributed by atoms with E-state index in [0.717, 1.165) is 30.5 Å². The summed E-state index contributed by atoms with van der Waals surface area (Å²) in [5, 5.41) is 0. The first-order valence-electron chi connectivity index (χ1n) is 6.40. The number of carbonyl (C=O) groups excluding carboxylic acids is 2. The highest BCUT2D eigenvalue weighted by atomic mass is 16.2. The van der Waals surface area contributed by atoms with Crippen LogP contribution >= 0.6 is 0 Å². The topological polar surface area (TPSA) is 40.6 Å². The van der Waals surface area contributed by atoms with Crippen LogP contribution in [0.2, 0.25) is 0 Å². The van der Waals surface area contributed by atoms with E-state index < -0.39 is 0 Å². The number of amides is 3.